The molecule has 0 fully saturated rings. The Kier molecular flexibility index (Phi) is 67.8. The van der Waals surface area contributed by atoms with E-state index in [0.717, 1.165) is 135 Å². The van der Waals surface area contributed by atoms with Crippen molar-refractivity contribution in [1.29, 1.82) is 0 Å². The molecule has 0 aromatic rings. The number of hydrogen-bond acceptors (Lipinski definition) is 15. The summed E-state index contributed by atoms with van der Waals surface area (Å²) < 4.78 is 68.4. The lowest BCUT2D eigenvalue weighted by Gasteiger charge is -2.21. The Hall–Kier alpha value is -3.24. The minimum atomic E-state index is -4.97. The zero-order chi connectivity index (χ0) is 70.4. The van der Waals surface area contributed by atoms with Crippen LogP contribution in [0.5, 0.6) is 0 Å². The molecular weight excluding hydrogens is 1260 g/mol. The number of ether oxygens (including phenoxy) is 4. The van der Waals surface area contributed by atoms with E-state index in [9.17, 15) is 43.2 Å². The van der Waals surface area contributed by atoms with Gasteiger partial charge < -0.3 is 33.8 Å². The summed E-state index contributed by atoms with van der Waals surface area (Å²) in [5.41, 5.74) is 0. The maximum absolute atomic E-state index is 13.1. The summed E-state index contributed by atoms with van der Waals surface area (Å²) in [6.45, 7) is 4.82. The maximum atomic E-state index is 13.1. The molecule has 0 aromatic heterocycles. The summed E-state index contributed by atoms with van der Waals surface area (Å²) in [6, 6.07) is 0. The Labute approximate surface area is 584 Å². The Morgan fingerprint density at radius 1 is 0.292 bits per heavy atom. The summed E-state index contributed by atoms with van der Waals surface area (Å²) in [5.74, 6) is -2.19. The Morgan fingerprint density at radius 2 is 0.510 bits per heavy atom. The van der Waals surface area contributed by atoms with Gasteiger partial charge in [0.15, 0.2) is 12.2 Å². The molecule has 96 heavy (non-hydrogen) atoms. The predicted molar refractivity (Wildman–Crippen MR) is 390 cm³/mol. The first-order valence-corrected chi connectivity index (χ1v) is 41.6. The molecule has 0 aliphatic rings. The first-order chi connectivity index (χ1) is 46.7. The summed E-state index contributed by atoms with van der Waals surface area (Å²) >= 11 is 0. The van der Waals surface area contributed by atoms with Crippen LogP contribution in [-0.2, 0) is 65.4 Å². The zero-order valence-corrected chi connectivity index (χ0v) is 62.8. The molecule has 0 bridgehead atoms. The number of phosphoric acid groups is 2. The molecule has 0 aliphatic carbocycles. The quantitative estimate of drug-likeness (QED) is 0.0128. The SMILES string of the molecule is CCCCCC/C=C\C=C/CCCCCCCC(=O)OC[C@H](COP(=O)(O)OC[C@@H](O)COP(=O)(O)OC[C@@H](COC(=O)CCCCCCCCCCCCCCC)OC(=O)CCCCCCC/C=C\C=C/CCCCCC)OC(=O)CCCCCCC/C=C\CCCCCC. The van der Waals surface area contributed by atoms with Crippen molar-refractivity contribution in [2.24, 2.45) is 0 Å². The van der Waals surface area contributed by atoms with Gasteiger partial charge in [-0.2, -0.15) is 0 Å². The van der Waals surface area contributed by atoms with Crippen LogP contribution >= 0.6 is 15.6 Å². The van der Waals surface area contributed by atoms with Crippen molar-refractivity contribution in [1.82, 2.24) is 0 Å². The highest BCUT2D eigenvalue weighted by Crippen LogP contribution is 2.45. The van der Waals surface area contributed by atoms with Crippen LogP contribution in [0, 0.1) is 0 Å². The molecule has 5 atom stereocenters. The second-order valence-corrected chi connectivity index (χ2v) is 28.9. The fraction of sp³-hybridized carbons (Fsp3) is 0.818. The van der Waals surface area contributed by atoms with E-state index in [2.05, 4.69) is 88.5 Å². The van der Waals surface area contributed by atoms with Crippen molar-refractivity contribution in [2.45, 2.75) is 367 Å². The monoisotopic (exact) mass is 1400 g/mol. The van der Waals surface area contributed by atoms with E-state index in [0.29, 0.717) is 25.7 Å². The first kappa shape index (κ1) is 92.8. The van der Waals surface area contributed by atoms with Crippen molar-refractivity contribution in [2.75, 3.05) is 39.6 Å². The van der Waals surface area contributed by atoms with Gasteiger partial charge in [-0.25, -0.2) is 9.13 Å². The highest BCUT2D eigenvalue weighted by Gasteiger charge is 2.30. The smallest absolute Gasteiger partial charge is 0.462 e. The maximum Gasteiger partial charge on any atom is 0.472 e. The molecule has 0 aliphatic heterocycles. The number of aliphatic hydroxyl groups excluding tert-OH is 1. The lowest BCUT2D eigenvalue weighted by molar-refractivity contribution is -0.161. The van der Waals surface area contributed by atoms with Gasteiger partial charge in [-0.1, -0.05) is 281 Å². The van der Waals surface area contributed by atoms with Crippen LogP contribution in [0.3, 0.4) is 0 Å². The fourth-order valence-corrected chi connectivity index (χ4v) is 12.1. The summed E-state index contributed by atoms with van der Waals surface area (Å²) in [4.78, 5) is 72.8. The van der Waals surface area contributed by atoms with Crippen LogP contribution in [0.2, 0.25) is 0 Å². The highest BCUT2D eigenvalue weighted by molar-refractivity contribution is 7.47. The molecule has 0 spiro atoms. The third kappa shape index (κ3) is 69.2. The number of aliphatic hydroxyl groups is 1. The number of hydrogen-bond donors (Lipinski definition) is 3. The van der Waals surface area contributed by atoms with Crippen LogP contribution in [0.15, 0.2) is 60.8 Å². The first-order valence-electron chi connectivity index (χ1n) is 38.6. The van der Waals surface area contributed by atoms with Crippen molar-refractivity contribution in [3.63, 3.8) is 0 Å². The lowest BCUT2D eigenvalue weighted by Crippen LogP contribution is -2.30. The molecule has 0 amide bonds. The molecule has 3 N–H and O–H groups in total. The van der Waals surface area contributed by atoms with Gasteiger partial charge in [-0.05, 0) is 103 Å². The number of allylic oxidation sites excluding steroid dienone is 10. The van der Waals surface area contributed by atoms with E-state index in [1.165, 1.54) is 135 Å². The Balaban J connectivity index is 5.34. The van der Waals surface area contributed by atoms with Gasteiger partial charge >= 0.3 is 39.5 Å². The van der Waals surface area contributed by atoms with Crippen molar-refractivity contribution >= 4 is 39.5 Å². The Bertz CT molecular complexity index is 2060. The molecule has 17 nitrogen and oxygen atoms in total. The molecule has 0 aromatic carbocycles. The summed E-state index contributed by atoms with van der Waals surface area (Å²) in [6.07, 6.45) is 67.7. The van der Waals surface area contributed by atoms with E-state index >= 15 is 0 Å². The molecule has 560 valence electrons. The lowest BCUT2D eigenvalue weighted by atomic mass is 10.0. The van der Waals surface area contributed by atoms with Gasteiger partial charge in [0.1, 0.15) is 19.3 Å². The standard InChI is InChI=1S/C77H140O17P2/c1-5-9-13-17-21-25-29-33-35-39-42-46-50-54-58-62-75(80)88-68-72(93-76(81)63-59-55-51-47-43-38-32-28-24-20-16-12-8-4)69-91-95(83,84)89-65-71(78)66-90-96(85,86)92-70-73(67-87-74(79)61-57-53-49-45-41-37-31-27-23-19-15-11-7-3)94-77(82)64-60-56-52-48-44-40-36-34-30-26-22-18-14-10-6-2/h25-26,28-30,32-36,71-73,78H,5-24,27,31,37-70H2,1-4H3,(H,83,84)(H,85,86)/b29-25-,30-26-,32-28-,35-33-,36-34-/t71-,72-,73-/m1/s1. The highest BCUT2D eigenvalue weighted by atomic mass is 31.2. The average Bonchev–Trinajstić information content (AvgIpc) is 1.17. The van der Waals surface area contributed by atoms with Gasteiger partial charge in [0, 0.05) is 25.7 Å². The molecule has 0 heterocycles. The molecule has 2 unspecified atom stereocenters. The summed E-state index contributed by atoms with van der Waals surface area (Å²) in [7, 11) is -9.94. The number of carbonyl (C=O) groups is 4. The van der Waals surface area contributed by atoms with Gasteiger partial charge in [0.05, 0.1) is 26.4 Å². The number of rotatable bonds is 73. The average molecular weight is 1400 g/mol. The third-order valence-corrected chi connectivity index (χ3v) is 18.4. The second-order valence-electron chi connectivity index (χ2n) is 26.0. The van der Waals surface area contributed by atoms with E-state index in [-0.39, 0.29) is 25.7 Å². The van der Waals surface area contributed by atoms with E-state index in [1.54, 1.807) is 0 Å². The zero-order valence-electron chi connectivity index (χ0n) is 61.1. The second kappa shape index (κ2) is 70.2. The molecule has 0 saturated carbocycles. The summed E-state index contributed by atoms with van der Waals surface area (Å²) in [5, 5.41) is 10.6. The van der Waals surface area contributed by atoms with Gasteiger partial charge in [-0.15, -0.1) is 0 Å². The van der Waals surface area contributed by atoms with Crippen molar-refractivity contribution in [3.05, 3.63) is 60.8 Å². The van der Waals surface area contributed by atoms with Gasteiger partial charge in [-0.3, -0.25) is 37.3 Å². The molecule has 19 heteroatoms. The molecular formula is C77H140O17P2. The minimum Gasteiger partial charge on any atom is -0.462 e. The van der Waals surface area contributed by atoms with E-state index in [1.807, 2.05) is 0 Å². The number of esters is 4. The fourth-order valence-electron chi connectivity index (χ4n) is 10.6. The van der Waals surface area contributed by atoms with Crippen molar-refractivity contribution in [3.8, 4) is 0 Å². The Morgan fingerprint density at radius 3 is 0.792 bits per heavy atom. The largest absolute Gasteiger partial charge is 0.472 e. The molecule has 0 radical (unpaired) electrons. The van der Waals surface area contributed by atoms with Crippen molar-refractivity contribution < 1.29 is 80.2 Å². The predicted octanol–water partition coefficient (Wildman–Crippen LogP) is 21.9. The number of carbonyl (C=O) groups excluding carboxylic acids is 4. The minimum absolute atomic E-state index is 0.0821. The number of unbranched alkanes of at least 4 members (excludes halogenated alkanes) is 39. The normalized spacial score (nSPS) is 14.3. The topological polar surface area (TPSA) is 237 Å². The molecule has 0 saturated heterocycles. The van der Waals surface area contributed by atoms with Crippen LogP contribution in [0.4, 0.5) is 0 Å². The van der Waals surface area contributed by atoms with Crippen LogP contribution in [0.25, 0.3) is 0 Å². The third-order valence-electron chi connectivity index (χ3n) is 16.5. The number of phosphoric ester groups is 2. The van der Waals surface area contributed by atoms with Gasteiger partial charge in [0.25, 0.3) is 0 Å². The van der Waals surface area contributed by atoms with E-state index < -0.39 is 97.5 Å². The van der Waals surface area contributed by atoms with Gasteiger partial charge in [0.2, 0.25) is 0 Å². The van der Waals surface area contributed by atoms with Crippen LogP contribution < -0.4 is 0 Å². The van der Waals surface area contributed by atoms with E-state index in [4.69, 9.17) is 37.0 Å². The molecule has 0 rings (SSSR count). The van der Waals surface area contributed by atoms with Crippen LogP contribution in [-0.4, -0.2) is 96.7 Å². The van der Waals surface area contributed by atoms with Crippen LogP contribution in [0.1, 0.15) is 349 Å².